The summed E-state index contributed by atoms with van der Waals surface area (Å²) in [4.78, 5) is 22.0. The monoisotopic (exact) mass is 527 g/mol. The lowest BCUT2D eigenvalue weighted by Gasteiger charge is -2.24. The van der Waals surface area contributed by atoms with E-state index in [0.29, 0.717) is 24.0 Å². The molecule has 0 radical (unpaired) electrons. The van der Waals surface area contributed by atoms with Crippen LogP contribution in [-0.4, -0.2) is 52.9 Å². The van der Waals surface area contributed by atoms with Gasteiger partial charge < -0.3 is 15.4 Å². The molecule has 1 aliphatic rings. The van der Waals surface area contributed by atoms with Crippen molar-refractivity contribution in [1.82, 2.24) is 29.1 Å². The Morgan fingerprint density at radius 3 is 2.42 bits per heavy atom. The summed E-state index contributed by atoms with van der Waals surface area (Å²) >= 11 is 0. The van der Waals surface area contributed by atoms with Crippen LogP contribution >= 0.6 is 0 Å². The molecular formula is C25H24F3N7O3. The van der Waals surface area contributed by atoms with Gasteiger partial charge in [0.2, 0.25) is 0 Å². The normalized spacial score (nSPS) is 15.3. The van der Waals surface area contributed by atoms with Crippen molar-refractivity contribution in [2.24, 2.45) is 18.7 Å². The van der Waals surface area contributed by atoms with Crippen LogP contribution in [0.1, 0.15) is 12.1 Å². The predicted octanol–water partition coefficient (Wildman–Crippen LogP) is 3.22. The van der Waals surface area contributed by atoms with Gasteiger partial charge in [0.1, 0.15) is 5.69 Å². The molecule has 0 saturated heterocycles. The van der Waals surface area contributed by atoms with Gasteiger partial charge in [-0.1, -0.05) is 36.4 Å². The van der Waals surface area contributed by atoms with Crippen molar-refractivity contribution >= 4 is 27.8 Å². The molecule has 38 heavy (non-hydrogen) atoms. The highest BCUT2D eigenvalue weighted by Crippen LogP contribution is 2.36. The van der Waals surface area contributed by atoms with Gasteiger partial charge in [-0.15, -0.1) is 0 Å². The lowest BCUT2D eigenvalue weighted by Crippen LogP contribution is -2.27. The second-order valence-electron chi connectivity index (χ2n) is 9.04. The smallest absolute Gasteiger partial charge is 0.475 e. The minimum absolute atomic E-state index is 0.265. The molecule has 0 aliphatic carbocycles. The molecule has 0 amide bonds. The molecule has 5 aromatic rings. The Morgan fingerprint density at radius 1 is 1.13 bits per heavy atom. The number of carboxylic acids is 1. The number of carboxylic acid groups (broad SMARTS) is 1. The number of aryl methyl sites for hydroxylation is 2. The first kappa shape index (κ1) is 25.3. The third-order valence-electron chi connectivity index (χ3n) is 6.73. The van der Waals surface area contributed by atoms with Gasteiger partial charge in [-0.05, 0) is 37.4 Å². The van der Waals surface area contributed by atoms with Crippen molar-refractivity contribution in [2.75, 3.05) is 6.54 Å². The van der Waals surface area contributed by atoms with Gasteiger partial charge in [-0.2, -0.15) is 23.4 Å². The molecule has 1 unspecified atom stereocenters. The minimum Gasteiger partial charge on any atom is -0.475 e. The Morgan fingerprint density at radius 2 is 1.76 bits per heavy atom. The summed E-state index contributed by atoms with van der Waals surface area (Å²) in [5, 5.41) is 20.9. The number of aliphatic carboxylic acids is 1. The van der Waals surface area contributed by atoms with Crippen LogP contribution in [0.25, 0.3) is 39.0 Å². The number of hydrogen-bond acceptors (Lipinski definition) is 5. The molecule has 1 aliphatic heterocycles. The number of hydrogen-bond donors (Lipinski definition) is 3. The fourth-order valence-corrected chi connectivity index (χ4v) is 4.98. The minimum atomic E-state index is -5.08. The van der Waals surface area contributed by atoms with E-state index in [4.69, 9.17) is 20.7 Å². The van der Waals surface area contributed by atoms with Crippen molar-refractivity contribution in [3.8, 4) is 17.2 Å². The van der Waals surface area contributed by atoms with Crippen molar-refractivity contribution < 1.29 is 23.1 Å². The largest absolute Gasteiger partial charge is 0.490 e. The third kappa shape index (κ3) is 4.24. The standard InChI is InChI=1S/C23H23N7O.C2HF3O2/c1-28-17-8-4-2-6-15(17)20(27-28)22-25-26-23(31)30(22)21-16-7-3-5-9-18(16)29-11-10-14(13-24)12-19(21)29;3-2(4,5)1(6)7/h2-9,14H,10-13,24H2,1H3,(H,26,31);(H,6,7). The highest BCUT2D eigenvalue weighted by Gasteiger charge is 2.38. The van der Waals surface area contributed by atoms with Crippen LogP contribution in [0.5, 0.6) is 0 Å². The molecule has 1 atom stereocenters. The lowest BCUT2D eigenvalue weighted by atomic mass is 9.95. The number of H-pyrrole nitrogens is 1. The Balaban J connectivity index is 0.000000374. The maximum absolute atomic E-state index is 13.1. The molecule has 198 valence electrons. The molecule has 2 aromatic carbocycles. The Kier molecular flexibility index (Phi) is 6.31. The van der Waals surface area contributed by atoms with Crippen LogP contribution in [0.3, 0.4) is 0 Å². The van der Waals surface area contributed by atoms with Crippen LogP contribution in [0.4, 0.5) is 13.2 Å². The average molecular weight is 528 g/mol. The topological polar surface area (TPSA) is 137 Å². The lowest BCUT2D eigenvalue weighted by molar-refractivity contribution is -0.192. The van der Waals surface area contributed by atoms with Crippen LogP contribution in [0, 0.1) is 5.92 Å². The van der Waals surface area contributed by atoms with E-state index in [1.54, 1.807) is 4.57 Å². The number of fused-ring (bicyclic) bond motifs is 4. The first-order valence-electron chi connectivity index (χ1n) is 11.8. The van der Waals surface area contributed by atoms with Crippen molar-refractivity contribution in [2.45, 2.75) is 25.6 Å². The second-order valence-corrected chi connectivity index (χ2v) is 9.04. The summed E-state index contributed by atoms with van der Waals surface area (Å²) in [5.41, 5.74) is 10.6. The number of nitrogens with one attached hydrogen (secondary N) is 1. The Hall–Kier alpha value is -4.39. The number of para-hydroxylation sites is 2. The Labute approximate surface area is 213 Å². The van der Waals surface area contributed by atoms with E-state index in [9.17, 15) is 18.0 Å². The molecule has 0 fully saturated rings. The number of aromatic nitrogens is 6. The number of nitrogens with two attached hydrogens (primary N) is 1. The van der Waals surface area contributed by atoms with E-state index >= 15 is 0 Å². The molecule has 0 spiro atoms. The average Bonchev–Trinajstić information content (AvgIpc) is 3.54. The first-order valence-corrected chi connectivity index (χ1v) is 11.8. The van der Waals surface area contributed by atoms with Crippen LogP contribution in [-0.2, 0) is 24.8 Å². The van der Waals surface area contributed by atoms with Crippen LogP contribution in [0.2, 0.25) is 0 Å². The molecular weight excluding hydrogens is 503 g/mol. The van der Waals surface area contributed by atoms with Crippen molar-refractivity contribution in [1.29, 1.82) is 0 Å². The van der Waals surface area contributed by atoms with Gasteiger partial charge in [-0.25, -0.2) is 19.3 Å². The van der Waals surface area contributed by atoms with Gasteiger partial charge in [0, 0.05) is 30.1 Å². The zero-order chi connectivity index (χ0) is 27.2. The van der Waals surface area contributed by atoms with E-state index in [-0.39, 0.29) is 5.69 Å². The number of benzene rings is 2. The molecule has 0 bridgehead atoms. The quantitative estimate of drug-likeness (QED) is 0.330. The van der Waals surface area contributed by atoms with Crippen molar-refractivity contribution in [3.63, 3.8) is 0 Å². The van der Waals surface area contributed by atoms with Crippen LogP contribution < -0.4 is 11.4 Å². The SMILES string of the molecule is Cn1nc(-c2n[nH]c(=O)n2-c2c3n(c4ccccc24)CCC(CN)C3)c2ccccc21.O=C(O)C(F)(F)F. The zero-order valence-electron chi connectivity index (χ0n) is 20.2. The molecule has 10 nitrogen and oxygen atoms in total. The number of aromatic amines is 1. The molecule has 0 saturated carbocycles. The maximum Gasteiger partial charge on any atom is 0.490 e. The van der Waals surface area contributed by atoms with E-state index in [0.717, 1.165) is 52.6 Å². The zero-order valence-corrected chi connectivity index (χ0v) is 20.2. The molecule has 3 aromatic heterocycles. The number of nitrogens with zero attached hydrogens (tertiary/aromatic N) is 5. The maximum atomic E-state index is 13.1. The van der Waals surface area contributed by atoms with Gasteiger partial charge in [0.05, 0.1) is 16.7 Å². The molecule has 4 N–H and O–H groups in total. The fraction of sp³-hybridized carbons (Fsp3) is 0.280. The van der Waals surface area contributed by atoms with Crippen molar-refractivity contribution in [3.05, 3.63) is 64.7 Å². The van der Waals surface area contributed by atoms with E-state index in [2.05, 4.69) is 26.9 Å². The number of carbonyl (C=O) groups is 1. The number of rotatable bonds is 3. The third-order valence-corrected chi connectivity index (χ3v) is 6.73. The van der Waals surface area contributed by atoms with Gasteiger partial charge in [-0.3, -0.25) is 4.68 Å². The fourth-order valence-electron chi connectivity index (χ4n) is 4.98. The van der Waals surface area contributed by atoms with Crippen LogP contribution in [0.15, 0.2) is 53.3 Å². The summed E-state index contributed by atoms with van der Waals surface area (Å²) in [6.07, 6.45) is -3.21. The highest BCUT2D eigenvalue weighted by atomic mass is 19.4. The summed E-state index contributed by atoms with van der Waals surface area (Å²) in [7, 11) is 1.91. The van der Waals surface area contributed by atoms with Gasteiger partial charge in [0.15, 0.2) is 5.82 Å². The molecule has 6 rings (SSSR count). The van der Waals surface area contributed by atoms with E-state index in [1.165, 1.54) is 0 Å². The second kappa shape index (κ2) is 9.49. The first-order chi connectivity index (χ1) is 18.1. The molecule has 13 heteroatoms. The Bertz CT molecular complexity index is 1710. The van der Waals surface area contributed by atoms with E-state index in [1.807, 2.05) is 48.1 Å². The number of alkyl halides is 3. The predicted molar refractivity (Wildman–Crippen MR) is 134 cm³/mol. The molecule has 4 heterocycles. The van der Waals surface area contributed by atoms with Gasteiger partial charge in [0.25, 0.3) is 0 Å². The van der Waals surface area contributed by atoms with Gasteiger partial charge >= 0.3 is 17.8 Å². The summed E-state index contributed by atoms with van der Waals surface area (Å²) in [6, 6.07) is 16.2. The highest BCUT2D eigenvalue weighted by molar-refractivity contribution is 5.94. The summed E-state index contributed by atoms with van der Waals surface area (Å²) in [5.74, 6) is -1.83. The van der Waals surface area contributed by atoms with E-state index < -0.39 is 12.1 Å². The summed E-state index contributed by atoms with van der Waals surface area (Å²) in [6.45, 7) is 1.53. The number of halogens is 3. The summed E-state index contributed by atoms with van der Waals surface area (Å²) < 4.78 is 37.6.